The first-order valence-electron chi connectivity index (χ1n) is 7.10. The zero-order chi connectivity index (χ0) is 15.8. The van der Waals surface area contributed by atoms with Crippen LogP contribution >= 0.6 is 11.6 Å². The van der Waals surface area contributed by atoms with E-state index in [0.29, 0.717) is 6.54 Å². The second-order valence-corrected chi connectivity index (χ2v) is 5.12. The number of alkyl halides is 1. The summed E-state index contributed by atoms with van der Waals surface area (Å²) in [6.45, 7) is 0.358. The van der Waals surface area contributed by atoms with Gasteiger partial charge in [0.15, 0.2) is 0 Å². The Morgan fingerprint density at radius 3 is 1.95 bits per heavy atom. The van der Waals surface area contributed by atoms with Crippen molar-refractivity contribution in [2.24, 2.45) is 0 Å². The van der Waals surface area contributed by atoms with Crippen LogP contribution in [-0.2, 0) is 4.79 Å². The molecule has 0 atom stereocenters. The van der Waals surface area contributed by atoms with E-state index in [2.05, 4.69) is 6.07 Å². The highest BCUT2D eigenvalue weighted by Gasteiger charge is 2.25. The molecule has 0 aromatic heterocycles. The summed E-state index contributed by atoms with van der Waals surface area (Å²) in [6, 6.07) is 21.5. The fourth-order valence-electron chi connectivity index (χ4n) is 2.47. The minimum absolute atomic E-state index is 0.0956. The summed E-state index contributed by atoms with van der Waals surface area (Å²) in [4.78, 5) is 14.0. The summed E-state index contributed by atoms with van der Waals surface area (Å²) in [6.07, 6.45) is 0.277. The van der Waals surface area contributed by atoms with Gasteiger partial charge in [-0.25, -0.2) is 0 Å². The molecule has 22 heavy (non-hydrogen) atoms. The van der Waals surface area contributed by atoms with Crippen LogP contribution in [0, 0.1) is 11.3 Å². The zero-order valence-corrected chi connectivity index (χ0v) is 12.9. The number of nitrogens with zero attached hydrogens (tertiary/aromatic N) is 2. The molecule has 2 aromatic carbocycles. The Kier molecular flexibility index (Phi) is 6.00. The van der Waals surface area contributed by atoms with Crippen LogP contribution in [0.4, 0.5) is 0 Å². The van der Waals surface area contributed by atoms with Crippen molar-refractivity contribution < 1.29 is 4.79 Å². The molecule has 0 bridgehead atoms. The van der Waals surface area contributed by atoms with Crippen molar-refractivity contribution in [2.45, 2.75) is 12.5 Å². The molecule has 0 unspecified atom stereocenters. The van der Waals surface area contributed by atoms with E-state index in [9.17, 15) is 4.79 Å². The van der Waals surface area contributed by atoms with Gasteiger partial charge in [-0.05, 0) is 11.1 Å². The van der Waals surface area contributed by atoms with Crippen LogP contribution in [0.5, 0.6) is 0 Å². The maximum absolute atomic E-state index is 12.3. The first kappa shape index (κ1) is 16.1. The molecule has 0 radical (unpaired) electrons. The van der Waals surface area contributed by atoms with Gasteiger partial charge in [0.25, 0.3) is 0 Å². The van der Waals surface area contributed by atoms with E-state index < -0.39 is 0 Å². The summed E-state index contributed by atoms with van der Waals surface area (Å²) in [5.74, 6) is -0.267. The lowest BCUT2D eigenvalue weighted by atomic mass is 9.96. The van der Waals surface area contributed by atoms with E-state index in [4.69, 9.17) is 16.9 Å². The fourth-order valence-corrected chi connectivity index (χ4v) is 2.62. The monoisotopic (exact) mass is 312 g/mol. The number of halogens is 1. The van der Waals surface area contributed by atoms with Crippen molar-refractivity contribution in [3.05, 3.63) is 71.8 Å². The lowest BCUT2D eigenvalue weighted by Gasteiger charge is -2.31. The summed E-state index contributed by atoms with van der Waals surface area (Å²) < 4.78 is 0. The van der Waals surface area contributed by atoms with E-state index in [1.54, 1.807) is 4.90 Å². The van der Waals surface area contributed by atoms with Gasteiger partial charge in [0, 0.05) is 6.54 Å². The largest absolute Gasteiger partial charge is 0.329 e. The van der Waals surface area contributed by atoms with Gasteiger partial charge in [-0.2, -0.15) is 5.26 Å². The second kappa shape index (κ2) is 8.21. The third-order valence-corrected chi connectivity index (χ3v) is 3.67. The van der Waals surface area contributed by atoms with Gasteiger partial charge in [0.1, 0.15) is 5.88 Å². The van der Waals surface area contributed by atoms with Crippen molar-refractivity contribution in [1.82, 2.24) is 4.90 Å². The molecule has 2 rings (SSSR count). The number of benzene rings is 2. The standard InChI is InChI=1S/C18H17ClN2O/c19-14-17(22)21(13-7-12-20)18(15-8-3-1-4-9-15)16-10-5-2-6-11-16/h1-6,8-11,18H,7,13-14H2. The van der Waals surface area contributed by atoms with Crippen LogP contribution in [0.1, 0.15) is 23.6 Å². The first-order chi connectivity index (χ1) is 10.8. The Morgan fingerprint density at radius 1 is 1.05 bits per heavy atom. The van der Waals surface area contributed by atoms with Crippen LogP contribution < -0.4 is 0 Å². The van der Waals surface area contributed by atoms with Crippen LogP contribution in [0.3, 0.4) is 0 Å². The van der Waals surface area contributed by atoms with Crippen molar-refractivity contribution in [2.75, 3.05) is 12.4 Å². The molecule has 0 saturated carbocycles. The molecule has 0 heterocycles. The van der Waals surface area contributed by atoms with Crippen molar-refractivity contribution >= 4 is 17.5 Å². The normalized spacial score (nSPS) is 10.2. The van der Waals surface area contributed by atoms with E-state index in [1.807, 2.05) is 60.7 Å². The predicted octanol–water partition coefficient (Wildman–Crippen LogP) is 3.76. The van der Waals surface area contributed by atoms with Gasteiger partial charge in [0.2, 0.25) is 5.91 Å². The Morgan fingerprint density at radius 2 is 1.55 bits per heavy atom. The van der Waals surface area contributed by atoms with E-state index in [1.165, 1.54) is 0 Å². The molecule has 2 aromatic rings. The molecular formula is C18H17ClN2O. The zero-order valence-electron chi connectivity index (χ0n) is 12.2. The van der Waals surface area contributed by atoms with Crippen LogP contribution in [-0.4, -0.2) is 23.2 Å². The minimum atomic E-state index is -0.234. The highest BCUT2D eigenvalue weighted by atomic mass is 35.5. The number of nitriles is 1. The van der Waals surface area contributed by atoms with Gasteiger partial charge in [-0.15, -0.1) is 11.6 Å². The molecule has 0 aliphatic rings. The van der Waals surface area contributed by atoms with E-state index >= 15 is 0 Å². The third kappa shape index (κ3) is 3.87. The van der Waals surface area contributed by atoms with Gasteiger partial charge in [-0.1, -0.05) is 60.7 Å². The van der Waals surface area contributed by atoms with Crippen LogP contribution in [0.2, 0.25) is 0 Å². The molecule has 0 aliphatic heterocycles. The third-order valence-electron chi connectivity index (χ3n) is 3.44. The number of carbonyl (C=O) groups excluding carboxylic acids is 1. The number of hydrogen-bond donors (Lipinski definition) is 0. The number of rotatable bonds is 6. The molecule has 112 valence electrons. The van der Waals surface area contributed by atoms with Gasteiger partial charge in [0.05, 0.1) is 18.5 Å². The Balaban J connectivity index is 2.46. The second-order valence-electron chi connectivity index (χ2n) is 4.85. The maximum Gasteiger partial charge on any atom is 0.238 e. The number of hydrogen-bond acceptors (Lipinski definition) is 2. The maximum atomic E-state index is 12.3. The average Bonchev–Trinajstić information content (AvgIpc) is 2.59. The lowest BCUT2D eigenvalue weighted by Crippen LogP contribution is -2.37. The molecule has 0 N–H and O–H groups in total. The van der Waals surface area contributed by atoms with Crippen LogP contribution in [0.15, 0.2) is 60.7 Å². The van der Waals surface area contributed by atoms with Gasteiger partial charge >= 0.3 is 0 Å². The molecule has 0 spiro atoms. The number of amides is 1. The smallest absolute Gasteiger partial charge is 0.238 e. The topological polar surface area (TPSA) is 44.1 Å². The van der Waals surface area contributed by atoms with Crippen molar-refractivity contribution in [3.8, 4) is 6.07 Å². The molecule has 0 aliphatic carbocycles. The predicted molar refractivity (Wildman–Crippen MR) is 87.4 cm³/mol. The van der Waals surface area contributed by atoms with Crippen molar-refractivity contribution in [1.29, 1.82) is 5.26 Å². The summed E-state index contributed by atoms with van der Waals surface area (Å²) in [5.41, 5.74) is 2.01. The molecule has 4 heteroatoms. The molecule has 0 fully saturated rings. The molecular weight excluding hydrogens is 296 g/mol. The highest BCUT2D eigenvalue weighted by molar-refractivity contribution is 6.27. The number of carbonyl (C=O) groups is 1. The average molecular weight is 313 g/mol. The minimum Gasteiger partial charge on any atom is -0.329 e. The SMILES string of the molecule is N#CCCN(C(=O)CCl)C(c1ccccc1)c1ccccc1. The quantitative estimate of drug-likeness (QED) is 0.762. The fraction of sp³-hybridized carbons (Fsp3) is 0.222. The summed E-state index contributed by atoms with van der Waals surface area (Å²) >= 11 is 5.77. The molecule has 1 amide bonds. The molecule has 0 saturated heterocycles. The Hall–Kier alpha value is -2.31. The van der Waals surface area contributed by atoms with Gasteiger partial charge < -0.3 is 4.90 Å². The highest BCUT2D eigenvalue weighted by Crippen LogP contribution is 2.29. The molecule has 3 nitrogen and oxygen atoms in total. The Bertz CT molecular complexity index is 598. The van der Waals surface area contributed by atoms with Crippen molar-refractivity contribution in [3.63, 3.8) is 0 Å². The van der Waals surface area contributed by atoms with E-state index in [0.717, 1.165) is 11.1 Å². The van der Waals surface area contributed by atoms with E-state index in [-0.39, 0.29) is 24.2 Å². The van der Waals surface area contributed by atoms with Gasteiger partial charge in [-0.3, -0.25) is 4.79 Å². The van der Waals surface area contributed by atoms with Crippen LogP contribution in [0.25, 0.3) is 0 Å². The summed E-state index contributed by atoms with van der Waals surface area (Å²) in [5, 5.41) is 8.87. The Labute approximate surface area is 135 Å². The summed E-state index contributed by atoms with van der Waals surface area (Å²) in [7, 11) is 0. The lowest BCUT2D eigenvalue weighted by molar-refractivity contribution is -0.130. The first-order valence-corrected chi connectivity index (χ1v) is 7.63.